The number of likely N-dealkylation sites (tertiary alicyclic amines) is 1. The highest BCUT2D eigenvalue weighted by molar-refractivity contribution is 5.81. The van der Waals surface area contributed by atoms with Gasteiger partial charge in [0.05, 0.1) is 12.5 Å². The molecule has 136 valence electrons. The molecule has 8 nitrogen and oxygen atoms in total. The van der Waals surface area contributed by atoms with Gasteiger partial charge in [-0.25, -0.2) is 4.79 Å². The lowest BCUT2D eigenvalue weighted by Gasteiger charge is -2.50. The summed E-state index contributed by atoms with van der Waals surface area (Å²) in [5.74, 6) is -0.171. The highest BCUT2D eigenvalue weighted by Gasteiger charge is 2.56. The lowest BCUT2D eigenvalue weighted by atomic mass is 9.71. The topological polar surface area (TPSA) is 88.2 Å². The third-order valence-corrected chi connectivity index (χ3v) is 4.51. The van der Waals surface area contributed by atoms with Crippen molar-refractivity contribution in [3.05, 3.63) is 0 Å². The number of likely N-dealkylation sites (N-methyl/N-ethyl adjacent to an activating group) is 1. The van der Waals surface area contributed by atoms with Crippen LogP contribution in [0.25, 0.3) is 0 Å². The Morgan fingerprint density at radius 3 is 2.62 bits per heavy atom. The van der Waals surface area contributed by atoms with Gasteiger partial charge < -0.3 is 24.6 Å². The Kier molecular flexibility index (Phi) is 5.37. The first-order chi connectivity index (χ1) is 11.2. The monoisotopic (exact) mass is 341 g/mol. The maximum absolute atomic E-state index is 12.7. The molecule has 0 aromatic heterocycles. The summed E-state index contributed by atoms with van der Waals surface area (Å²) in [7, 11) is 1.70. The van der Waals surface area contributed by atoms with Crippen LogP contribution in [-0.2, 0) is 19.1 Å². The second-order valence-corrected chi connectivity index (χ2v) is 7.61. The molecule has 24 heavy (non-hydrogen) atoms. The summed E-state index contributed by atoms with van der Waals surface area (Å²) in [5, 5.41) is 3.26. The van der Waals surface area contributed by atoms with Crippen LogP contribution in [0, 0.1) is 11.3 Å². The second-order valence-electron chi connectivity index (χ2n) is 7.61. The minimum atomic E-state index is -0.526. The van der Waals surface area contributed by atoms with Crippen molar-refractivity contribution in [3.8, 4) is 0 Å². The van der Waals surface area contributed by atoms with Gasteiger partial charge in [0.25, 0.3) is 6.47 Å². The molecule has 2 fully saturated rings. The summed E-state index contributed by atoms with van der Waals surface area (Å²) in [5.41, 5.74) is -0.754. The number of rotatable bonds is 5. The molecule has 1 unspecified atom stereocenters. The third kappa shape index (κ3) is 3.98. The minimum absolute atomic E-state index is 0.0123. The van der Waals surface area contributed by atoms with Gasteiger partial charge in [-0.3, -0.25) is 9.59 Å². The van der Waals surface area contributed by atoms with Crippen LogP contribution in [0.5, 0.6) is 0 Å². The fraction of sp³-hybridized carbons (Fsp3) is 0.812. The molecule has 0 aliphatic carbocycles. The molecule has 2 aliphatic rings. The van der Waals surface area contributed by atoms with Crippen LogP contribution >= 0.6 is 0 Å². The number of amides is 2. The van der Waals surface area contributed by atoms with Crippen molar-refractivity contribution in [2.24, 2.45) is 11.3 Å². The number of hydrogen-bond acceptors (Lipinski definition) is 6. The van der Waals surface area contributed by atoms with Gasteiger partial charge in [-0.1, -0.05) is 0 Å². The molecule has 8 heteroatoms. The van der Waals surface area contributed by atoms with Crippen molar-refractivity contribution in [2.45, 2.75) is 26.4 Å². The normalized spacial score (nSPS) is 22.0. The van der Waals surface area contributed by atoms with E-state index in [4.69, 9.17) is 4.74 Å². The van der Waals surface area contributed by atoms with Gasteiger partial charge in [0, 0.05) is 38.6 Å². The van der Waals surface area contributed by atoms with Crippen LogP contribution in [0.2, 0.25) is 0 Å². The molecule has 2 aliphatic heterocycles. The molecular formula is C16H27N3O5. The Hall–Kier alpha value is -1.83. The zero-order valence-corrected chi connectivity index (χ0v) is 14.8. The van der Waals surface area contributed by atoms with Crippen molar-refractivity contribution in [3.63, 3.8) is 0 Å². The first-order valence-electron chi connectivity index (χ1n) is 8.17. The van der Waals surface area contributed by atoms with E-state index in [0.29, 0.717) is 39.2 Å². The van der Waals surface area contributed by atoms with E-state index in [2.05, 4.69) is 10.1 Å². The van der Waals surface area contributed by atoms with Crippen molar-refractivity contribution < 1.29 is 23.9 Å². The number of carbonyl (C=O) groups excluding carboxylic acids is 3. The average molecular weight is 341 g/mol. The van der Waals surface area contributed by atoms with Gasteiger partial charge in [0.1, 0.15) is 12.2 Å². The fourth-order valence-corrected chi connectivity index (χ4v) is 3.27. The van der Waals surface area contributed by atoms with E-state index < -0.39 is 5.60 Å². The highest BCUT2D eigenvalue weighted by atomic mass is 16.6. The minimum Gasteiger partial charge on any atom is -0.466 e. The fourth-order valence-electron chi connectivity index (χ4n) is 3.27. The largest absolute Gasteiger partial charge is 0.466 e. The molecule has 2 rings (SSSR count). The summed E-state index contributed by atoms with van der Waals surface area (Å²) < 4.78 is 10.0. The standard InChI is InChI=1S/C16H27N3O5/c1-15(2,3)24-14(22)19-9-16(10-19)8-17-7-12(16)13(21)18(4)5-6-23-11-20/h11-12,17H,5-10H2,1-4H3. The summed E-state index contributed by atoms with van der Waals surface area (Å²) >= 11 is 0. The summed E-state index contributed by atoms with van der Waals surface area (Å²) in [6, 6.07) is 0. The number of ether oxygens (including phenoxy) is 2. The lowest BCUT2D eigenvalue weighted by molar-refractivity contribution is -0.143. The number of carbonyl (C=O) groups is 3. The summed E-state index contributed by atoms with van der Waals surface area (Å²) in [4.78, 5) is 38.2. The second kappa shape index (κ2) is 6.96. The predicted octanol–water partition coefficient (Wildman–Crippen LogP) is 0.0743. The molecular weight excluding hydrogens is 314 g/mol. The van der Waals surface area contributed by atoms with E-state index >= 15 is 0 Å². The van der Waals surface area contributed by atoms with Crippen LogP contribution in [0.1, 0.15) is 20.8 Å². The van der Waals surface area contributed by atoms with E-state index in [1.165, 1.54) is 0 Å². The van der Waals surface area contributed by atoms with E-state index in [9.17, 15) is 14.4 Å². The molecule has 1 atom stereocenters. The first-order valence-corrected chi connectivity index (χ1v) is 8.17. The zero-order chi connectivity index (χ0) is 18.0. The summed E-state index contributed by atoms with van der Waals surface area (Å²) in [6.07, 6.45) is -0.334. The number of nitrogens with zero attached hydrogens (tertiary/aromatic N) is 2. The molecule has 0 radical (unpaired) electrons. The summed E-state index contributed by atoms with van der Waals surface area (Å²) in [6.45, 7) is 8.76. The van der Waals surface area contributed by atoms with E-state index in [-0.39, 0.29) is 29.9 Å². The van der Waals surface area contributed by atoms with Gasteiger partial charge in [0.2, 0.25) is 5.91 Å². The molecule has 0 aromatic carbocycles. The van der Waals surface area contributed by atoms with Crippen LogP contribution in [0.4, 0.5) is 4.79 Å². The Bertz CT molecular complexity index is 496. The van der Waals surface area contributed by atoms with Crippen LogP contribution in [-0.4, -0.2) is 80.3 Å². The van der Waals surface area contributed by atoms with Crippen molar-refractivity contribution in [2.75, 3.05) is 46.4 Å². The highest BCUT2D eigenvalue weighted by Crippen LogP contribution is 2.42. The predicted molar refractivity (Wildman–Crippen MR) is 86.3 cm³/mol. The molecule has 0 bridgehead atoms. The SMILES string of the molecule is CN(CCOC=O)C(=O)C1CNCC12CN(C(=O)OC(C)(C)C)C2. The zero-order valence-electron chi connectivity index (χ0n) is 14.8. The molecule has 1 spiro atoms. The number of nitrogens with one attached hydrogen (secondary N) is 1. The van der Waals surface area contributed by atoms with E-state index in [1.807, 2.05) is 20.8 Å². The molecule has 0 saturated carbocycles. The van der Waals surface area contributed by atoms with E-state index in [0.717, 1.165) is 0 Å². The van der Waals surface area contributed by atoms with Crippen molar-refractivity contribution in [1.82, 2.24) is 15.1 Å². The van der Waals surface area contributed by atoms with Crippen molar-refractivity contribution >= 4 is 18.5 Å². The van der Waals surface area contributed by atoms with E-state index in [1.54, 1.807) is 16.8 Å². The van der Waals surface area contributed by atoms with Crippen LogP contribution in [0.15, 0.2) is 0 Å². The van der Waals surface area contributed by atoms with Crippen molar-refractivity contribution in [1.29, 1.82) is 0 Å². The third-order valence-electron chi connectivity index (χ3n) is 4.51. The maximum Gasteiger partial charge on any atom is 0.410 e. The lowest BCUT2D eigenvalue weighted by Crippen LogP contribution is -2.64. The first kappa shape index (κ1) is 18.5. The Labute approximate surface area is 142 Å². The molecule has 2 amide bonds. The van der Waals surface area contributed by atoms with Crippen LogP contribution < -0.4 is 5.32 Å². The van der Waals surface area contributed by atoms with Gasteiger partial charge in [-0.15, -0.1) is 0 Å². The Morgan fingerprint density at radius 2 is 2.04 bits per heavy atom. The maximum atomic E-state index is 12.7. The van der Waals surface area contributed by atoms with Gasteiger partial charge in [-0.2, -0.15) is 0 Å². The molecule has 2 heterocycles. The Morgan fingerprint density at radius 1 is 1.38 bits per heavy atom. The van der Waals surface area contributed by atoms with Gasteiger partial charge >= 0.3 is 6.09 Å². The molecule has 2 saturated heterocycles. The quantitative estimate of drug-likeness (QED) is 0.563. The average Bonchev–Trinajstić information content (AvgIpc) is 2.87. The Balaban J connectivity index is 1.91. The number of hydrogen-bond donors (Lipinski definition) is 1. The molecule has 0 aromatic rings. The molecule has 1 N–H and O–H groups in total. The van der Waals surface area contributed by atoms with Gasteiger partial charge in [-0.05, 0) is 20.8 Å². The van der Waals surface area contributed by atoms with Crippen LogP contribution in [0.3, 0.4) is 0 Å². The van der Waals surface area contributed by atoms with Gasteiger partial charge in [0.15, 0.2) is 0 Å². The smallest absolute Gasteiger partial charge is 0.410 e.